The van der Waals surface area contributed by atoms with Gasteiger partial charge in [-0.1, -0.05) is 57.9 Å². The summed E-state index contributed by atoms with van der Waals surface area (Å²) < 4.78 is 0. The first-order chi connectivity index (χ1) is 10.1. The smallest absolute Gasteiger partial charge is 0.227 e. The Hall–Kier alpha value is -1.32. The van der Waals surface area contributed by atoms with E-state index >= 15 is 0 Å². The zero-order valence-electron chi connectivity index (χ0n) is 11.6. The number of hydrogen-bond donors (Lipinski definition) is 0. The number of fused-ring (bicyclic) bond motifs is 1. The van der Waals surface area contributed by atoms with Crippen LogP contribution >= 0.6 is 27.5 Å². The maximum atomic E-state index is 11.7. The number of benzene rings is 2. The van der Waals surface area contributed by atoms with Gasteiger partial charge in [0.15, 0.2) is 0 Å². The van der Waals surface area contributed by atoms with Crippen LogP contribution in [0.4, 0.5) is 5.69 Å². The molecule has 0 saturated heterocycles. The molecule has 1 aliphatic rings. The van der Waals surface area contributed by atoms with Crippen LogP contribution in [0.25, 0.3) is 0 Å². The minimum Gasteiger partial charge on any atom is -0.315 e. The average Bonchev–Trinajstić information content (AvgIpc) is 2.50. The topological polar surface area (TPSA) is 20.3 Å². The Morgan fingerprint density at radius 2 is 1.95 bits per heavy atom. The van der Waals surface area contributed by atoms with Crippen LogP contribution in [-0.4, -0.2) is 13.0 Å². The predicted molar refractivity (Wildman–Crippen MR) is 90.4 cm³/mol. The lowest BCUT2D eigenvalue weighted by molar-refractivity contribution is -0.118. The average molecular weight is 365 g/mol. The van der Waals surface area contributed by atoms with Crippen molar-refractivity contribution in [3.05, 3.63) is 64.2 Å². The van der Waals surface area contributed by atoms with E-state index in [2.05, 4.69) is 28.1 Å². The molecule has 1 amide bonds. The molecule has 21 heavy (non-hydrogen) atoms. The molecule has 1 heterocycles. The molecule has 0 spiro atoms. The molecule has 1 atom stereocenters. The summed E-state index contributed by atoms with van der Waals surface area (Å²) in [5.74, 6) is 0.178. The van der Waals surface area contributed by atoms with Crippen LogP contribution in [0.5, 0.6) is 0 Å². The molecule has 108 valence electrons. The molecule has 2 aromatic rings. The van der Waals surface area contributed by atoms with Gasteiger partial charge < -0.3 is 4.90 Å². The van der Waals surface area contributed by atoms with E-state index in [9.17, 15) is 4.79 Å². The number of nitrogens with zero attached hydrogens (tertiary/aromatic N) is 1. The minimum atomic E-state index is 0.0550. The maximum Gasteiger partial charge on any atom is 0.227 e. The highest BCUT2D eigenvalue weighted by Crippen LogP contribution is 2.37. The van der Waals surface area contributed by atoms with E-state index in [-0.39, 0.29) is 10.7 Å². The number of carbonyl (C=O) groups is 1. The third-order valence-corrected chi connectivity index (χ3v) is 5.28. The van der Waals surface area contributed by atoms with Gasteiger partial charge >= 0.3 is 0 Å². The van der Waals surface area contributed by atoms with Crippen LogP contribution in [0, 0.1) is 0 Å². The van der Waals surface area contributed by atoms with Crippen molar-refractivity contribution in [2.75, 3.05) is 11.9 Å². The van der Waals surface area contributed by atoms with E-state index in [0.29, 0.717) is 6.42 Å². The van der Waals surface area contributed by atoms with Crippen molar-refractivity contribution in [1.29, 1.82) is 0 Å². The highest BCUT2D eigenvalue weighted by molar-refractivity contribution is 9.09. The first kappa shape index (κ1) is 14.6. The van der Waals surface area contributed by atoms with Crippen LogP contribution in [0.1, 0.15) is 27.9 Å². The van der Waals surface area contributed by atoms with E-state index in [1.807, 2.05) is 37.4 Å². The summed E-state index contributed by atoms with van der Waals surface area (Å²) in [4.78, 5) is 13.5. The Kier molecular flexibility index (Phi) is 4.05. The number of alkyl halides is 1. The Bertz CT molecular complexity index is 701. The number of anilines is 1. The van der Waals surface area contributed by atoms with Crippen molar-refractivity contribution < 1.29 is 4.79 Å². The van der Waals surface area contributed by atoms with Crippen molar-refractivity contribution in [2.24, 2.45) is 0 Å². The van der Waals surface area contributed by atoms with Gasteiger partial charge in [0.2, 0.25) is 5.91 Å². The Morgan fingerprint density at radius 3 is 2.71 bits per heavy atom. The molecule has 1 aliphatic heterocycles. The van der Waals surface area contributed by atoms with Gasteiger partial charge in [0.1, 0.15) is 0 Å². The lowest BCUT2D eigenvalue weighted by atomic mass is 9.96. The summed E-state index contributed by atoms with van der Waals surface area (Å²) in [5, 5.41) is 0.754. The minimum absolute atomic E-state index is 0.0550. The normalized spacial score (nSPS) is 15.8. The van der Waals surface area contributed by atoms with Crippen molar-refractivity contribution >= 4 is 39.1 Å². The fourth-order valence-corrected chi connectivity index (χ4v) is 3.76. The molecule has 4 heteroatoms. The van der Waals surface area contributed by atoms with Gasteiger partial charge in [-0.25, -0.2) is 0 Å². The van der Waals surface area contributed by atoms with Crippen LogP contribution in [0.2, 0.25) is 5.02 Å². The second kappa shape index (κ2) is 5.82. The van der Waals surface area contributed by atoms with Crippen LogP contribution in [0.15, 0.2) is 42.5 Å². The van der Waals surface area contributed by atoms with Crippen molar-refractivity contribution in [3.8, 4) is 0 Å². The molecule has 0 aliphatic carbocycles. The molecule has 0 saturated carbocycles. The fraction of sp³-hybridized carbons (Fsp3) is 0.235. The maximum absolute atomic E-state index is 11.7. The van der Waals surface area contributed by atoms with E-state index in [1.54, 1.807) is 4.90 Å². The number of carbonyl (C=O) groups excluding carboxylic acids is 1. The Morgan fingerprint density at radius 1 is 1.19 bits per heavy atom. The SMILES string of the molecule is CN1C(=O)CCc2cc(C(Br)c3ccccc3Cl)ccc21. The molecule has 0 fully saturated rings. The largest absolute Gasteiger partial charge is 0.315 e. The molecule has 0 bridgehead atoms. The quantitative estimate of drug-likeness (QED) is 0.705. The van der Waals surface area contributed by atoms with Crippen molar-refractivity contribution in [3.63, 3.8) is 0 Å². The molecular weight excluding hydrogens is 350 g/mol. The molecule has 3 rings (SSSR count). The van der Waals surface area contributed by atoms with Gasteiger partial charge in [0, 0.05) is 24.2 Å². The lowest BCUT2D eigenvalue weighted by Gasteiger charge is -2.26. The second-order valence-electron chi connectivity index (χ2n) is 5.22. The molecule has 2 aromatic carbocycles. The van der Waals surface area contributed by atoms with Gasteiger partial charge in [0.25, 0.3) is 0 Å². The molecule has 0 aromatic heterocycles. The van der Waals surface area contributed by atoms with Gasteiger partial charge in [-0.3, -0.25) is 4.79 Å². The number of halogens is 2. The van der Waals surface area contributed by atoms with E-state index in [0.717, 1.165) is 28.3 Å². The van der Waals surface area contributed by atoms with Crippen LogP contribution in [0.3, 0.4) is 0 Å². The summed E-state index contributed by atoms with van der Waals surface area (Å²) in [6.45, 7) is 0. The standard InChI is InChI=1S/C17H15BrClNO/c1-20-15-8-6-12(10-11(15)7-9-16(20)21)17(18)13-4-2-3-5-14(13)19/h2-6,8,10,17H,7,9H2,1H3. The fourth-order valence-electron chi connectivity index (χ4n) is 2.69. The lowest BCUT2D eigenvalue weighted by Crippen LogP contribution is -2.31. The molecule has 0 N–H and O–H groups in total. The Balaban J connectivity index is 1.98. The Labute approximate surface area is 137 Å². The number of rotatable bonds is 2. The third kappa shape index (κ3) is 2.72. The van der Waals surface area contributed by atoms with E-state index in [4.69, 9.17) is 11.6 Å². The summed E-state index contributed by atoms with van der Waals surface area (Å²) in [5.41, 5.74) is 4.43. The first-order valence-corrected chi connectivity index (χ1v) is 8.15. The van der Waals surface area contributed by atoms with E-state index in [1.165, 1.54) is 5.56 Å². The van der Waals surface area contributed by atoms with Gasteiger partial charge in [-0.15, -0.1) is 0 Å². The number of aryl methyl sites for hydroxylation is 1. The third-order valence-electron chi connectivity index (χ3n) is 3.92. The second-order valence-corrected chi connectivity index (χ2v) is 6.55. The van der Waals surface area contributed by atoms with Gasteiger partial charge in [-0.2, -0.15) is 0 Å². The summed E-state index contributed by atoms with van der Waals surface area (Å²) >= 11 is 10.0. The monoisotopic (exact) mass is 363 g/mol. The molecule has 1 unspecified atom stereocenters. The summed E-state index contributed by atoms with van der Waals surface area (Å²) in [7, 11) is 1.83. The van der Waals surface area contributed by atoms with Crippen molar-refractivity contribution in [2.45, 2.75) is 17.7 Å². The molecular formula is C17H15BrClNO. The highest BCUT2D eigenvalue weighted by Gasteiger charge is 2.22. The van der Waals surface area contributed by atoms with Crippen LogP contribution < -0.4 is 4.90 Å². The van der Waals surface area contributed by atoms with Gasteiger partial charge in [0.05, 0.1) is 4.83 Å². The summed E-state index contributed by atoms with van der Waals surface area (Å²) in [6.07, 6.45) is 1.38. The summed E-state index contributed by atoms with van der Waals surface area (Å²) in [6, 6.07) is 14.1. The predicted octanol–water partition coefficient (Wildman–Crippen LogP) is 4.73. The first-order valence-electron chi connectivity index (χ1n) is 6.86. The highest BCUT2D eigenvalue weighted by atomic mass is 79.9. The molecule has 2 nitrogen and oxygen atoms in total. The zero-order valence-corrected chi connectivity index (χ0v) is 14.0. The van der Waals surface area contributed by atoms with Gasteiger partial charge in [-0.05, 0) is 35.2 Å². The zero-order chi connectivity index (χ0) is 15.0. The van der Waals surface area contributed by atoms with Crippen LogP contribution in [-0.2, 0) is 11.2 Å². The number of hydrogen-bond acceptors (Lipinski definition) is 1. The molecule has 0 radical (unpaired) electrons. The van der Waals surface area contributed by atoms with E-state index < -0.39 is 0 Å². The van der Waals surface area contributed by atoms with Crippen molar-refractivity contribution in [1.82, 2.24) is 0 Å². The number of amides is 1.